The number of benzene rings is 1. The van der Waals surface area contributed by atoms with E-state index in [-0.39, 0.29) is 6.04 Å². The Morgan fingerprint density at radius 1 is 1.22 bits per heavy atom. The van der Waals surface area contributed by atoms with Crippen LogP contribution in [0.3, 0.4) is 0 Å². The van der Waals surface area contributed by atoms with Crippen molar-refractivity contribution in [1.82, 2.24) is 10.2 Å². The fourth-order valence-electron chi connectivity index (χ4n) is 3.06. The highest BCUT2D eigenvalue weighted by molar-refractivity contribution is 6.38. The summed E-state index contributed by atoms with van der Waals surface area (Å²) in [4.78, 5) is 37.3. The quantitative estimate of drug-likeness (QED) is 0.618. The summed E-state index contributed by atoms with van der Waals surface area (Å²) in [5.74, 6) is -1.19. The Hall–Kier alpha value is -2.17. The van der Waals surface area contributed by atoms with Crippen LogP contribution in [0.1, 0.15) is 44.6 Å². The first-order chi connectivity index (χ1) is 11.1. The third-order valence-electron chi connectivity index (χ3n) is 4.46. The summed E-state index contributed by atoms with van der Waals surface area (Å²) < 4.78 is 0. The summed E-state index contributed by atoms with van der Waals surface area (Å²) in [6, 6.07) is 8.77. The first kappa shape index (κ1) is 17.2. The van der Waals surface area contributed by atoms with Gasteiger partial charge in [-0.2, -0.15) is 0 Å². The largest absolute Gasteiger partial charge is 0.345 e. The van der Waals surface area contributed by atoms with Crippen molar-refractivity contribution in [2.45, 2.75) is 57.7 Å². The van der Waals surface area contributed by atoms with Gasteiger partial charge in [0, 0.05) is 12.6 Å². The molecule has 124 valence electrons. The summed E-state index contributed by atoms with van der Waals surface area (Å²) in [6.45, 7) is 1.94. The normalized spacial score (nSPS) is 16.4. The molecule has 1 fully saturated rings. The van der Waals surface area contributed by atoms with E-state index in [1.54, 1.807) is 6.92 Å². The average Bonchev–Trinajstić information content (AvgIpc) is 2.61. The zero-order chi connectivity index (χ0) is 16.7. The monoisotopic (exact) mass is 316 g/mol. The van der Waals surface area contributed by atoms with Gasteiger partial charge in [-0.15, -0.1) is 0 Å². The molecule has 1 aliphatic rings. The van der Waals surface area contributed by atoms with Gasteiger partial charge in [-0.05, 0) is 25.3 Å². The molecule has 1 aliphatic carbocycles. The van der Waals surface area contributed by atoms with Gasteiger partial charge in [0.05, 0.1) is 6.04 Å². The lowest BCUT2D eigenvalue weighted by Crippen LogP contribution is -2.50. The summed E-state index contributed by atoms with van der Waals surface area (Å²) in [5, 5.41) is 2.63. The van der Waals surface area contributed by atoms with Crippen molar-refractivity contribution in [3.8, 4) is 0 Å². The van der Waals surface area contributed by atoms with Crippen LogP contribution in [-0.4, -0.2) is 35.1 Å². The van der Waals surface area contributed by atoms with E-state index in [1.807, 2.05) is 30.3 Å². The molecule has 5 nitrogen and oxygen atoms in total. The van der Waals surface area contributed by atoms with Gasteiger partial charge in [0.15, 0.2) is 0 Å². The van der Waals surface area contributed by atoms with E-state index in [0.29, 0.717) is 13.0 Å². The van der Waals surface area contributed by atoms with E-state index < -0.39 is 17.7 Å². The minimum atomic E-state index is -0.716. The number of rotatable bonds is 7. The molecular formula is C18H24N2O3. The molecule has 1 unspecified atom stereocenters. The molecule has 1 saturated carbocycles. The number of nitrogens with zero attached hydrogens (tertiary/aromatic N) is 1. The number of amides is 2. The van der Waals surface area contributed by atoms with Crippen LogP contribution >= 0.6 is 0 Å². The Labute approximate surface area is 137 Å². The Bertz CT molecular complexity index is 538. The molecule has 2 amide bonds. The number of Topliss-reactive ketones (excluding diaryl/α,β-unsaturated/α-hetero) is 1. The molecule has 0 bridgehead atoms. The van der Waals surface area contributed by atoms with Gasteiger partial charge in [0.25, 0.3) is 5.91 Å². The van der Waals surface area contributed by atoms with Gasteiger partial charge < -0.3 is 10.2 Å². The minimum Gasteiger partial charge on any atom is -0.345 e. The van der Waals surface area contributed by atoms with Crippen LogP contribution in [0.5, 0.6) is 0 Å². The average molecular weight is 316 g/mol. The molecule has 0 heterocycles. The summed E-state index contributed by atoms with van der Waals surface area (Å²) >= 11 is 0. The second kappa shape index (κ2) is 8.46. The van der Waals surface area contributed by atoms with Crippen LogP contribution in [0.25, 0.3) is 0 Å². The van der Waals surface area contributed by atoms with E-state index in [4.69, 9.17) is 0 Å². The fraction of sp³-hybridized carbons (Fsp3) is 0.500. The van der Waals surface area contributed by atoms with E-state index in [2.05, 4.69) is 5.32 Å². The number of hydrogen-bond acceptors (Lipinski definition) is 3. The van der Waals surface area contributed by atoms with Gasteiger partial charge >= 0.3 is 0 Å². The van der Waals surface area contributed by atoms with Crippen LogP contribution in [0.2, 0.25) is 0 Å². The molecule has 0 aromatic heterocycles. The molecule has 1 aromatic rings. The third kappa shape index (κ3) is 4.65. The van der Waals surface area contributed by atoms with Crippen molar-refractivity contribution in [3.63, 3.8) is 0 Å². The van der Waals surface area contributed by atoms with Gasteiger partial charge in [-0.1, -0.05) is 49.6 Å². The molecule has 1 aromatic carbocycles. The smallest absolute Gasteiger partial charge is 0.289 e. The Morgan fingerprint density at radius 3 is 2.48 bits per heavy atom. The first-order valence-corrected chi connectivity index (χ1v) is 8.22. The highest BCUT2D eigenvalue weighted by Gasteiger charge is 2.31. The molecule has 0 aliphatic heterocycles. The van der Waals surface area contributed by atoms with Crippen molar-refractivity contribution in [1.29, 1.82) is 0 Å². The number of carbonyl (C=O) groups excluding carboxylic acids is 3. The molecular weight excluding hydrogens is 292 g/mol. The molecule has 2 rings (SSSR count). The number of hydrogen-bond donors (Lipinski definition) is 1. The third-order valence-corrected chi connectivity index (χ3v) is 4.46. The summed E-state index contributed by atoms with van der Waals surface area (Å²) in [5.41, 5.74) is 0.931. The lowest BCUT2D eigenvalue weighted by molar-refractivity contribution is -0.143. The van der Waals surface area contributed by atoms with Gasteiger partial charge in [-0.3, -0.25) is 14.4 Å². The zero-order valence-electron chi connectivity index (χ0n) is 13.5. The molecule has 0 spiro atoms. The maximum atomic E-state index is 12.3. The number of ketones is 1. The number of nitrogens with one attached hydrogen (secondary N) is 1. The van der Waals surface area contributed by atoms with Gasteiger partial charge in [0.1, 0.15) is 0 Å². The Kier molecular flexibility index (Phi) is 6.32. The topological polar surface area (TPSA) is 66.5 Å². The SMILES string of the molecule is CC(C(=O)C(=O)NCc1ccccc1)N(C=O)C1CCCCC1. The van der Waals surface area contributed by atoms with E-state index in [0.717, 1.165) is 31.2 Å². The lowest BCUT2D eigenvalue weighted by Gasteiger charge is -2.34. The standard InChI is InChI=1S/C18H24N2O3/c1-14(20(13-21)16-10-6-3-7-11-16)17(22)18(23)19-12-15-8-4-2-5-9-15/h2,4-5,8-9,13-14,16H,3,6-7,10-12H2,1H3,(H,19,23). The maximum absolute atomic E-state index is 12.3. The summed E-state index contributed by atoms with van der Waals surface area (Å²) in [7, 11) is 0. The van der Waals surface area contributed by atoms with Crippen LogP contribution in [-0.2, 0) is 20.9 Å². The lowest BCUT2D eigenvalue weighted by atomic mass is 9.93. The zero-order valence-corrected chi connectivity index (χ0v) is 13.5. The van der Waals surface area contributed by atoms with Crippen molar-refractivity contribution < 1.29 is 14.4 Å². The molecule has 0 radical (unpaired) electrons. The van der Waals surface area contributed by atoms with E-state index in [9.17, 15) is 14.4 Å². The highest BCUT2D eigenvalue weighted by Crippen LogP contribution is 2.23. The molecule has 23 heavy (non-hydrogen) atoms. The molecule has 1 N–H and O–H groups in total. The van der Waals surface area contributed by atoms with Crippen molar-refractivity contribution in [3.05, 3.63) is 35.9 Å². The fourth-order valence-corrected chi connectivity index (χ4v) is 3.06. The van der Waals surface area contributed by atoms with E-state index in [1.165, 1.54) is 11.3 Å². The molecule has 1 atom stereocenters. The van der Waals surface area contributed by atoms with Gasteiger partial charge in [-0.25, -0.2) is 0 Å². The van der Waals surface area contributed by atoms with E-state index >= 15 is 0 Å². The highest BCUT2D eigenvalue weighted by atomic mass is 16.2. The molecule has 0 saturated heterocycles. The predicted molar refractivity (Wildman–Crippen MR) is 87.5 cm³/mol. The summed E-state index contributed by atoms with van der Waals surface area (Å²) in [6.07, 6.45) is 5.82. The van der Waals surface area contributed by atoms with Crippen LogP contribution in [0.15, 0.2) is 30.3 Å². The first-order valence-electron chi connectivity index (χ1n) is 8.22. The second-order valence-electron chi connectivity index (χ2n) is 6.05. The van der Waals surface area contributed by atoms with Crippen LogP contribution in [0.4, 0.5) is 0 Å². The van der Waals surface area contributed by atoms with Crippen molar-refractivity contribution in [2.75, 3.05) is 0 Å². The van der Waals surface area contributed by atoms with Crippen LogP contribution in [0, 0.1) is 0 Å². The Morgan fingerprint density at radius 2 is 1.87 bits per heavy atom. The van der Waals surface area contributed by atoms with Gasteiger partial charge in [0.2, 0.25) is 12.2 Å². The Balaban J connectivity index is 1.91. The van der Waals surface area contributed by atoms with Crippen LogP contribution < -0.4 is 5.32 Å². The maximum Gasteiger partial charge on any atom is 0.289 e. The predicted octanol–water partition coefficient (Wildman–Crippen LogP) is 2.05. The minimum absolute atomic E-state index is 0.0714. The molecule has 5 heteroatoms. The number of carbonyl (C=O) groups is 3. The second-order valence-corrected chi connectivity index (χ2v) is 6.05. The van der Waals surface area contributed by atoms with Crippen molar-refractivity contribution >= 4 is 18.1 Å². The van der Waals surface area contributed by atoms with Crippen molar-refractivity contribution in [2.24, 2.45) is 0 Å².